The summed E-state index contributed by atoms with van der Waals surface area (Å²) in [4.78, 5) is 12.0. The molecular formula is C18H24BF3O4. The molecule has 0 radical (unpaired) electrons. The molecule has 0 aliphatic carbocycles. The number of esters is 1. The third kappa shape index (κ3) is 4.41. The van der Waals surface area contributed by atoms with E-state index in [4.69, 9.17) is 14.0 Å². The largest absolute Gasteiger partial charge is 0.466 e. The van der Waals surface area contributed by atoms with Crippen LogP contribution in [0, 0.1) is 0 Å². The Kier molecular flexibility index (Phi) is 5.78. The Morgan fingerprint density at radius 1 is 1.19 bits per heavy atom. The quantitative estimate of drug-likeness (QED) is 0.569. The number of alkyl halides is 3. The van der Waals surface area contributed by atoms with Gasteiger partial charge in [-0.05, 0) is 46.2 Å². The molecule has 1 fully saturated rings. The molecule has 0 spiro atoms. The van der Waals surface area contributed by atoms with Gasteiger partial charge in [0, 0.05) is 5.82 Å². The normalized spacial score (nSPS) is 20.1. The molecule has 8 heteroatoms. The van der Waals surface area contributed by atoms with Gasteiger partial charge >= 0.3 is 19.3 Å². The summed E-state index contributed by atoms with van der Waals surface area (Å²) in [7, 11) is -0.854. The van der Waals surface area contributed by atoms with Crippen LogP contribution in [0.3, 0.4) is 0 Å². The van der Waals surface area contributed by atoms with Gasteiger partial charge in [0.15, 0.2) is 0 Å². The number of carbonyl (C=O) groups excluding carboxylic acids is 1. The fourth-order valence-corrected chi connectivity index (χ4v) is 2.77. The lowest BCUT2D eigenvalue weighted by molar-refractivity contribution is -0.143. The van der Waals surface area contributed by atoms with Crippen molar-refractivity contribution in [2.45, 2.75) is 64.2 Å². The molecule has 1 aliphatic heterocycles. The van der Waals surface area contributed by atoms with Crippen LogP contribution >= 0.6 is 0 Å². The highest BCUT2D eigenvalue weighted by Crippen LogP contribution is 2.42. The first-order valence-corrected chi connectivity index (χ1v) is 8.56. The second-order valence-electron chi connectivity index (χ2n) is 7.36. The minimum Gasteiger partial charge on any atom is -0.466 e. The predicted molar refractivity (Wildman–Crippen MR) is 91.5 cm³/mol. The second-order valence-corrected chi connectivity index (χ2v) is 7.36. The van der Waals surface area contributed by atoms with Crippen LogP contribution in [0.15, 0.2) is 24.3 Å². The average Bonchev–Trinajstić information content (AvgIpc) is 2.72. The maximum atomic E-state index is 13.1. The summed E-state index contributed by atoms with van der Waals surface area (Å²) in [6, 6.07) is 4.90. The highest BCUT2D eigenvalue weighted by Gasteiger charge is 2.54. The Hall–Kier alpha value is -1.54. The minimum absolute atomic E-state index is 0.133. The van der Waals surface area contributed by atoms with Crippen LogP contribution in [0.25, 0.3) is 0 Å². The van der Waals surface area contributed by atoms with Gasteiger partial charge in [0.2, 0.25) is 0 Å². The van der Waals surface area contributed by atoms with E-state index in [9.17, 15) is 18.0 Å². The zero-order chi connectivity index (χ0) is 19.8. The molecule has 1 atom stereocenters. The van der Waals surface area contributed by atoms with Crippen molar-refractivity contribution in [2.24, 2.45) is 0 Å². The van der Waals surface area contributed by atoms with Crippen LogP contribution in [-0.2, 0) is 25.0 Å². The molecule has 26 heavy (non-hydrogen) atoms. The van der Waals surface area contributed by atoms with E-state index in [2.05, 4.69) is 0 Å². The summed E-state index contributed by atoms with van der Waals surface area (Å²) in [5, 5.41) is 0. The Bertz CT molecular complexity index is 642. The third-order valence-electron chi connectivity index (χ3n) is 4.93. The molecule has 1 aromatic carbocycles. The maximum Gasteiger partial charge on any atom is 0.466 e. The number of halogens is 3. The fourth-order valence-electron chi connectivity index (χ4n) is 2.77. The lowest BCUT2D eigenvalue weighted by Crippen LogP contribution is -2.41. The molecule has 1 heterocycles. The molecule has 2 rings (SSSR count). The summed E-state index contributed by atoms with van der Waals surface area (Å²) >= 11 is 0. The van der Waals surface area contributed by atoms with Gasteiger partial charge in [-0.15, -0.1) is 0 Å². The van der Waals surface area contributed by atoms with Crippen molar-refractivity contribution in [1.82, 2.24) is 0 Å². The Labute approximate surface area is 152 Å². The Balaban J connectivity index is 2.38. The molecule has 0 N–H and O–H groups in total. The van der Waals surface area contributed by atoms with Gasteiger partial charge < -0.3 is 14.0 Å². The van der Waals surface area contributed by atoms with Crippen molar-refractivity contribution in [1.29, 1.82) is 0 Å². The molecule has 0 bridgehead atoms. The van der Waals surface area contributed by atoms with Crippen LogP contribution in [0.1, 0.15) is 58.0 Å². The van der Waals surface area contributed by atoms with E-state index in [1.54, 1.807) is 13.0 Å². The van der Waals surface area contributed by atoms with E-state index in [1.165, 1.54) is 6.07 Å². The van der Waals surface area contributed by atoms with Crippen molar-refractivity contribution < 1.29 is 32.0 Å². The van der Waals surface area contributed by atoms with Gasteiger partial charge in [0.25, 0.3) is 0 Å². The van der Waals surface area contributed by atoms with E-state index in [1.807, 2.05) is 27.7 Å². The SMILES string of the molecule is CCOC(=O)CC(B1OC(C)(C)C(C)(C)O1)c1cccc(C(F)(F)F)c1. The number of benzene rings is 1. The van der Waals surface area contributed by atoms with Crippen LogP contribution < -0.4 is 0 Å². The van der Waals surface area contributed by atoms with Gasteiger partial charge in [-0.3, -0.25) is 4.79 Å². The van der Waals surface area contributed by atoms with Crippen LogP contribution in [0.4, 0.5) is 13.2 Å². The molecule has 0 amide bonds. The number of carbonyl (C=O) groups is 1. The van der Waals surface area contributed by atoms with E-state index in [0.717, 1.165) is 12.1 Å². The highest BCUT2D eigenvalue weighted by atomic mass is 19.4. The van der Waals surface area contributed by atoms with E-state index in [0.29, 0.717) is 5.56 Å². The van der Waals surface area contributed by atoms with Gasteiger partial charge in [-0.25, -0.2) is 0 Å². The van der Waals surface area contributed by atoms with E-state index < -0.39 is 41.8 Å². The summed E-state index contributed by atoms with van der Waals surface area (Å²) in [5.41, 5.74) is -1.77. The van der Waals surface area contributed by atoms with Crippen LogP contribution in [0.2, 0.25) is 0 Å². The summed E-state index contributed by atoms with van der Waals surface area (Å²) in [6.07, 6.45) is -4.60. The molecule has 1 aliphatic rings. The fraction of sp³-hybridized carbons (Fsp3) is 0.611. The first kappa shape index (κ1) is 20.8. The van der Waals surface area contributed by atoms with Gasteiger partial charge in [0.1, 0.15) is 0 Å². The first-order chi connectivity index (χ1) is 11.9. The van der Waals surface area contributed by atoms with E-state index >= 15 is 0 Å². The Morgan fingerprint density at radius 2 is 1.77 bits per heavy atom. The lowest BCUT2D eigenvalue weighted by Gasteiger charge is -2.32. The van der Waals surface area contributed by atoms with Gasteiger partial charge in [-0.1, -0.05) is 18.2 Å². The van der Waals surface area contributed by atoms with E-state index in [-0.39, 0.29) is 13.0 Å². The van der Waals surface area contributed by atoms with Crippen molar-refractivity contribution >= 4 is 13.1 Å². The topological polar surface area (TPSA) is 44.8 Å². The lowest BCUT2D eigenvalue weighted by atomic mass is 9.66. The van der Waals surface area contributed by atoms with Crippen molar-refractivity contribution in [2.75, 3.05) is 6.61 Å². The maximum absolute atomic E-state index is 13.1. The second kappa shape index (κ2) is 7.23. The summed E-state index contributed by atoms with van der Waals surface area (Å²) in [5.74, 6) is -1.22. The molecule has 1 saturated heterocycles. The highest BCUT2D eigenvalue weighted by molar-refractivity contribution is 6.48. The molecule has 1 aromatic rings. The molecule has 4 nitrogen and oxygen atoms in total. The zero-order valence-corrected chi connectivity index (χ0v) is 15.6. The molecule has 0 aromatic heterocycles. The smallest absolute Gasteiger partial charge is 0.466 e. The summed E-state index contributed by atoms with van der Waals surface area (Å²) in [6.45, 7) is 9.26. The minimum atomic E-state index is -4.47. The number of hydrogen-bond donors (Lipinski definition) is 0. The number of ether oxygens (including phenoxy) is 1. The number of hydrogen-bond acceptors (Lipinski definition) is 4. The summed E-state index contributed by atoms with van der Waals surface area (Å²) < 4.78 is 56.2. The van der Waals surface area contributed by atoms with Crippen LogP contribution in [-0.4, -0.2) is 30.9 Å². The molecule has 144 valence electrons. The predicted octanol–water partition coefficient (Wildman–Crippen LogP) is 4.37. The Morgan fingerprint density at radius 3 is 2.27 bits per heavy atom. The van der Waals surface area contributed by atoms with Gasteiger partial charge in [0.05, 0.1) is 29.8 Å². The third-order valence-corrected chi connectivity index (χ3v) is 4.93. The first-order valence-electron chi connectivity index (χ1n) is 8.56. The monoisotopic (exact) mass is 372 g/mol. The van der Waals surface area contributed by atoms with Crippen molar-refractivity contribution in [3.63, 3.8) is 0 Å². The van der Waals surface area contributed by atoms with Gasteiger partial charge in [-0.2, -0.15) is 13.2 Å². The van der Waals surface area contributed by atoms with Crippen molar-refractivity contribution in [3.05, 3.63) is 35.4 Å². The molecule has 1 unspecified atom stereocenters. The number of rotatable bonds is 5. The molecule has 0 saturated carbocycles. The van der Waals surface area contributed by atoms with Crippen molar-refractivity contribution in [3.8, 4) is 0 Å². The standard InChI is InChI=1S/C18H24BF3O4/c1-6-24-15(23)11-14(19-25-16(2,3)17(4,5)26-19)12-8-7-9-13(10-12)18(20,21)22/h7-10,14H,6,11H2,1-5H3. The van der Waals surface area contributed by atoms with Crippen LogP contribution in [0.5, 0.6) is 0 Å². The zero-order valence-electron chi connectivity index (χ0n) is 15.6. The molecular weight excluding hydrogens is 348 g/mol. The average molecular weight is 372 g/mol.